The van der Waals surface area contributed by atoms with Crippen LogP contribution < -0.4 is 5.32 Å². The highest BCUT2D eigenvalue weighted by Gasteiger charge is 2.26. The first-order valence-corrected chi connectivity index (χ1v) is 8.78. The van der Waals surface area contributed by atoms with E-state index in [1.54, 1.807) is 24.0 Å². The molecule has 27 heavy (non-hydrogen) atoms. The molecule has 1 amide bonds. The summed E-state index contributed by atoms with van der Waals surface area (Å²) in [5.41, 5.74) is 1.33. The van der Waals surface area contributed by atoms with E-state index in [4.69, 9.17) is 0 Å². The van der Waals surface area contributed by atoms with Gasteiger partial charge in [0.1, 0.15) is 11.9 Å². The molecule has 0 saturated heterocycles. The van der Waals surface area contributed by atoms with Gasteiger partial charge in [0.05, 0.1) is 5.92 Å². The lowest BCUT2D eigenvalue weighted by atomic mass is 9.94. The molecule has 3 rings (SSSR count). The van der Waals surface area contributed by atoms with Gasteiger partial charge in [0.25, 0.3) is 0 Å². The molecule has 0 aliphatic heterocycles. The van der Waals surface area contributed by atoms with Crippen LogP contribution in [0.25, 0.3) is 0 Å². The lowest BCUT2D eigenvalue weighted by molar-refractivity contribution is -0.123. The summed E-state index contributed by atoms with van der Waals surface area (Å²) in [4.78, 5) is 17.3. The maximum atomic E-state index is 13.8. The number of nitrogens with zero attached hydrogens (tertiary/aromatic N) is 2. The smallest absolute Gasteiger partial charge is 0.228 e. The summed E-state index contributed by atoms with van der Waals surface area (Å²) in [7, 11) is 1.79. The molecule has 0 aliphatic carbocycles. The van der Waals surface area contributed by atoms with Gasteiger partial charge in [-0.15, -0.1) is 0 Å². The van der Waals surface area contributed by atoms with Gasteiger partial charge in [0.2, 0.25) is 5.91 Å². The molecular formula is C21H21F2N3O. The van der Waals surface area contributed by atoms with Crippen LogP contribution in [0.1, 0.15) is 42.3 Å². The summed E-state index contributed by atoms with van der Waals surface area (Å²) >= 11 is 0. The Morgan fingerprint density at radius 1 is 1.11 bits per heavy atom. The van der Waals surface area contributed by atoms with Crippen LogP contribution in [-0.4, -0.2) is 15.5 Å². The van der Waals surface area contributed by atoms with Crippen LogP contribution in [0.5, 0.6) is 0 Å². The summed E-state index contributed by atoms with van der Waals surface area (Å²) in [6.07, 6.45) is 3.95. The second-order valence-corrected chi connectivity index (χ2v) is 6.38. The Balaban J connectivity index is 1.95. The van der Waals surface area contributed by atoms with Crippen molar-refractivity contribution >= 4 is 5.91 Å². The van der Waals surface area contributed by atoms with Gasteiger partial charge in [0.15, 0.2) is 11.6 Å². The third-order valence-electron chi connectivity index (χ3n) is 4.61. The first-order chi connectivity index (χ1) is 13.0. The lowest BCUT2D eigenvalue weighted by Crippen LogP contribution is -2.34. The zero-order chi connectivity index (χ0) is 19.4. The quantitative estimate of drug-likeness (QED) is 0.711. The molecule has 1 aromatic heterocycles. The number of carbonyl (C=O) groups excluding carboxylic acids is 1. The normalized spacial score (nSPS) is 13.2. The van der Waals surface area contributed by atoms with E-state index in [9.17, 15) is 13.6 Å². The van der Waals surface area contributed by atoms with Crippen molar-refractivity contribution in [3.63, 3.8) is 0 Å². The zero-order valence-corrected chi connectivity index (χ0v) is 15.2. The van der Waals surface area contributed by atoms with Gasteiger partial charge in [-0.25, -0.2) is 13.8 Å². The van der Waals surface area contributed by atoms with Crippen molar-refractivity contribution in [2.75, 3.05) is 0 Å². The van der Waals surface area contributed by atoms with E-state index in [0.717, 1.165) is 17.7 Å². The highest BCUT2D eigenvalue weighted by Crippen LogP contribution is 2.25. The summed E-state index contributed by atoms with van der Waals surface area (Å²) < 4.78 is 28.9. The molecule has 1 N–H and O–H groups in total. The van der Waals surface area contributed by atoms with E-state index >= 15 is 0 Å². The second kappa shape index (κ2) is 8.12. The lowest BCUT2D eigenvalue weighted by Gasteiger charge is -2.23. The molecule has 4 nitrogen and oxygen atoms in total. The number of imidazole rings is 1. The van der Waals surface area contributed by atoms with Crippen molar-refractivity contribution in [1.82, 2.24) is 14.9 Å². The van der Waals surface area contributed by atoms with Gasteiger partial charge < -0.3 is 9.88 Å². The molecule has 0 radical (unpaired) electrons. The number of aromatic nitrogens is 2. The molecule has 0 spiro atoms. The Labute approximate surface area is 156 Å². The fourth-order valence-corrected chi connectivity index (χ4v) is 3.14. The SMILES string of the molecule is CCC(C(=O)NC(c1ccc(F)c(F)c1)c1nccn1C)c1ccccc1. The van der Waals surface area contributed by atoms with Crippen LogP contribution in [0, 0.1) is 11.6 Å². The topological polar surface area (TPSA) is 46.9 Å². The van der Waals surface area contributed by atoms with Crippen LogP contribution in [0.3, 0.4) is 0 Å². The number of halogens is 2. The van der Waals surface area contributed by atoms with Crippen LogP contribution in [0.15, 0.2) is 60.9 Å². The minimum Gasteiger partial charge on any atom is -0.342 e. The third-order valence-corrected chi connectivity index (χ3v) is 4.61. The molecular weight excluding hydrogens is 348 g/mol. The van der Waals surface area contributed by atoms with Crippen LogP contribution >= 0.6 is 0 Å². The number of hydrogen-bond donors (Lipinski definition) is 1. The number of carbonyl (C=O) groups is 1. The number of nitrogens with one attached hydrogen (secondary N) is 1. The minimum atomic E-state index is -0.962. The van der Waals surface area contributed by atoms with E-state index in [-0.39, 0.29) is 11.8 Å². The number of hydrogen-bond acceptors (Lipinski definition) is 2. The fourth-order valence-electron chi connectivity index (χ4n) is 3.14. The van der Waals surface area contributed by atoms with Gasteiger partial charge in [-0.3, -0.25) is 4.79 Å². The largest absolute Gasteiger partial charge is 0.342 e. The summed E-state index contributed by atoms with van der Waals surface area (Å²) in [5.74, 6) is -1.89. The first-order valence-electron chi connectivity index (χ1n) is 8.78. The summed E-state index contributed by atoms with van der Waals surface area (Å²) in [6.45, 7) is 1.94. The molecule has 0 aliphatic rings. The third kappa shape index (κ3) is 4.05. The average Bonchev–Trinajstić information content (AvgIpc) is 3.09. The highest BCUT2D eigenvalue weighted by atomic mass is 19.2. The number of rotatable bonds is 6. The fraction of sp³-hybridized carbons (Fsp3) is 0.238. The number of benzene rings is 2. The molecule has 2 unspecified atom stereocenters. The molecule has 2 aromatic carbocycles. The maximum Gasteiger partial charge on any atom is 0.228 e. The molecule has 1 heterocycles. The van der Waals surface area contributed by atoms with E-state index in [0.29, 0.717) is 17.8 Å². The standard InChI is InChI=1S/C21H21F2N3O/c1-3-16(14-7-5-4-6-8-14)21(27)25-19(20-24-11-12-26(20)2)15-9-10-17(22)18(23)13-15/h4-13,16,19H,3H2,1-2H3,(H,25,27). The Hall–Kier alpha value is -3.02. The monoisotopic (exact) mass is 369 g/mol. The van der Waals surface area contributed by atoms with Crippen molar-refractivity contribution in [1.29, 1.82) is 0 Å². The molecule has 6 heteroatoms. The number of amides is 1. The molecule has 3 aromatic rings. The van der Waals surface area contributed by atoms with Gasteiger partial charge in [-0.2, -0.15) is 0 Å². The van der Waals surface area contributed by atoms with Gasteiger partial charge in [-0.1, -0.05) is 43.3 Å². The van der Waals surface area contributed by atoms with Gasteiger partial charge in [-0.05, 0) is 29.7 Å². The van der Waals surface area contributed by atoms with Gasteiger partial charge >= 0.3 is 0 Å². The molecule has 140 valence electrons. The van der Waals surface area contributed by atoms with Crippen molar-refractivity contribution in [3.8, 4) is 0 Å². The average molecular weight is 369 g/mol. The van der Waals surface area contributed by atoms with E-state index in [1.807, 2.05) is 37.3 Å². The molecule has 0 saturated carbocycles. The van der Waals surface area contributed by atoms with Crippen molar-refractivity contribution in [2.24, 2.45) is 7.05 Å². The Morgan fingerprint density at radius 3 is 2.44 bits per heavy atom. The van der Waals surface area contributed by atoms with Crippen molar-refractivity contribution < 1.29 is 13.6 Å². The van der Waals surface area contributed by atoms with Crippen LogP contribution in [-0.2, 0) is 11.8 Å². The highest BCUT2D eigenvalue weighted by molar-refractivity contribution is 5.84. The molecule has 2 atom stereocenters. The summed E-state index contributed by atoms with van der Waals surface area (Å²) in [5, 5.41) is 2.96. The summed E-state index contributed by atoms with van der Waals surface area (Å²) in [6, 6.07) is 12.4. The first kappa shape index (κ1) is 18.8. The van der Waals surface area contributed by atoms with Crippen LogP contribution in [0.2, 0.25) is 0 Å². The maximum absolute atomic E-state index is 13.8. The predicted octanol–water partition coefficient (Wildman–Crippen LogP) is 4.10. The van der Waals surface area contributed by atoms with Crippen LogP contribution in [0.4, 0.5) is 8.78 Å². The Morgan fingerprint density at radius 2 is 1.85 bits per heavy atom. The second-order valence-electron chi connectivity index (χ2n) is 6.38. The van der Waals surface area contributed by atoms with Crippen molar-refractivity contribution in [2.45, 2.75) is 25.3 Å². The molecule has 0 bridgehead atoms. The van der Waals surface area contributed by atoms with E-state index < -0.39 is 17.7 Å². The minimum absolute atomic E-state index is 0.193. The zero-order valence-electron chi connectivity index (χ0n) is 15.2. The molecule has 0 fully saturated rings. The Bertz CT molecular complexity index is 924. The number of aryl methyl sites for hydroxylation is 1. The van der Waals surface area contributed by atoms with E-state index in [1.165, 1.54) is 6.07 Å². The predicted molar refractivity (Wildman–Crippen MR) is 99.0 cm³/mol. The van der Waals surface area contributed by atoms with Gasteiger partial charge in [0, 0.05) is 19.4 Å². The van der Waals surface area contributed by atoms with E-state index in [2.05, 4.69) is 10.3 Å². The Kier molecular flexibility index (Phi) is 5.64. The van der Waals surface area contributed by atoms with Crippen molar-refractivity contribution in [3.05, 3.63) is 89.5 Å².